The van der Waals surface area contributed by atoms with Crippen LogP contribution in [0.5, 0.6) is 0 Å². The maximum absolute atomic E-state index is 13.0. The van der Waals surface area contributed by atoms with E-state index >= 15 is 0 Å². The van der Waals surface area contributed by atoms with Crippen molar-refractivity contribution in [3.63, 3.8) is 0 Å². The lowest BCUT2D eigenvalue weighted by molar-refractivity contribution is -0.137. The van der Waals surface area contributed by atoms with Gasteiger partial charge in [-0.25, -0.2) is 0 Å². The Morgan fingerprint density at radius 2 is 1.61 bits per heavy atom. The highest BCUT2D eigenvalue weighted by Gasteiger charge is 2.34. The molecule has 0 saturated heterocycles. The third-order valence-corrected chi connectivity index (χ3v) is 4.14. The van der Waals surface area contributed by atoms with Crippen molar-refractivity contribution in [3.8, 4) is 0 Å². The topological polar surface area (TPSA) is 75.4 Å². The van der Waals surface area contributed by atoms with Crippen LogP contribution in [0.4, 0.5) is 13.2 Å². The second-order valence-corrected chi connectivity index (χ2v) is 6.13. The number of amides is 2. The van der Waals surface area contributed by atoms with Gasteiger partial charge in [-0.2, -0.15) is 13.2 Å². The van der Waals surface area contributed by atoms with Crippen LogP contribution in [-0.4, -0.2) is 42.9 Å². The molecule has 2 amide bonds. The highest BCUT2D eigenvalue weighted by Crippen LogP contribution is 2.31. The van der Waals surface area contributed by atoms with E-state index in [4.69, 9.17) is 5.73 Å². The molecule has 0 aliphatic rings. The molecule has 5 nitrogen and oxygen atoms in total. The largest absolute Gasteiger partial charge is 0.417 e. The van der Waals surface area contributed by atoms with Crippen molar-refractivity contribution in [1.29, 1.82) is 0 Å². The van der Waals surface area contributed by atoms with Crippen molar-refractivity contribution in [3.05, 3.63) is 71.3 Å². The Balaban J connectivity index is 1.97. The third kappa shape index (κ3) is 6.09. The molecule has 2 aromatic rings. The zero-order chi connectivity index (χ0) is 20.6. The number of halogens is 3. The number of nitrogens with zero attached hydrogens (tertiary/aromatic N) is 1. The average Bonchev–Trinajstić information content (AvgIpc) is 2.69. The van der Waals surface area contributed by atoms with Gasteiger partial charge >= 0.3 is 6.18 Å². The summed E-state index contributed by atoms with van der Waals surface area (Å²) in [5.74, 6) is -1.35. The number of nitrogens with two attached hydrogens (primary N) is 1. The predicted octanol–water partition coefficient (Wildman–Crippen LogP) is 2.47. The number of rotatable bonds is 8. The van der Waals surface area contributed by atoms with Gasteiger partial charge in [0.2, 0.25) is 5.91 Å². The van der Waals surface area contributed by atoms with Crippen molar-refractivity contribution in [2.75, 3.05) is 26.2 Å². The molecular weight excluding hydrogens is 371 g/mol. The van der Waals surface area contributed by atoms with E-state index in [0.29, 0.717) is 19.5 Å². The molecule has 8 heteroatoms. The van der Waals surface area contributed by atoms with E-state index in [-0.39, 0.29) is 6.54 Å². The van der Waals surface area contributed by atoms with Gasteiger partial charge in [-0.05, 0) is 24.1 Å². The van der Waals surface area contributed by atoms with Crippen LogP contribution >= 0.6 is 0 Å². The van der Waals surface area contributed by atoms with Gasteiger partial charge < -0.3 is 16.0 Å². The maximum Gasteiger partial charge on any atom is 0.417 e. The van der Waals surface area contributed by atoms with Crippen molar-refractivity contribution in [1.82, 2.24) is 10.2 Å². The van der Waals surface area contributed by atoms with Crippen molar-refractivity contribution >= 4 is 11.8 Å². The van der Waals surface area contributed by atoms with E-state index < -0.39 is 35.7 Å². The van der Waals surface area contributed by atoms with Gasteiger partial charge in [-0.15, -0.1) is 0 Å². The molecule has 0 saturated carbocycles. The van der Waals surface area contributed by atoms with Crippen LogP contribution in [0.15, 0.2) is 54.6 Å². The summed E-state index contributed by atoms with van der Waals surface area (Å²) in [6.07, 6.45) is -4.04. The number of alkyl halides is 3. The Hall–Kier alpha value is -2.87. The minimum absolute atomic E-state index is 0.241. The van der Waals surface area contributed by atoms with Crippen LogP contribution in [0.3, 0.4) is 0 Å². The van der Waals surface area contributed by atoms with Crippen molar-refractivity contribution < 1.29 is 22.8 Å². The van der Waals surface area contributed by atoms with Crippen LogP contribution in [0.1, 0.15) is 21.5 Å². The molecule has 2 rings (SSSR count). The Bertz CT molecular complexity index is 795. The molecule has 150 valence electrons. The van der Waals surface area contributed by atoms with Crippen molar-refractivity contribution in [2.45, 2.75) is 12.6 Å². The molecule has 28 heavy (non-hydrogen) atoms. The number of benzene rings is 2. The molecule has 0 fully saturated rings. The number of carbonyl (C=O) groups is 2. The molecular formula is C20H22F3N3O2. The minimum Gasteiger partial charge on any atom is -0.343 e. The van der Waals surface area contributed by atoms with Gasteiger partial charge in [0.25, 0.3) is 5.91 Å². The van der Waals surface area contributed by atoms with E-state index in [2.05, 4.69) is 5.32 Å². The van der Waals surface area contributed by atoms with E-state index in [9.17, 15) is 22.8 Å². The Morgan fingerprint density at radius 1 is 0.964 bits per heavy atom. The molecule has 3 N–H and O–H groups in total. The van der Waals surface area contributed by atoms with Gasteiger partial charge in [-0.3, -0.25) is 9.59 Å². The fourth-order valence-corrected chi connectivity index (χ4v) is 2.72. The zero-order valence-electron chi connectivity index (χ0n) is 15.2. The molecule has 0 radical (unpaired) electrons. The molecule has 0 aliphatic heterocycles. The van der Waals surface area contributed by atoms with E-state index in [0.717, 1.165) is 17.7 Å². The Kier molecular flexibility index (Phi) is 7.57. The minimum atomic E-state index is -4.65. The SMILES string of the molecule is NCCN(CCc1ccccc1)C(=O)CNC(=O)c1ccccc1C(F)(F)F. The summed E-state index contributed by atoms with van der Waals surface area (Å²) in [6, 6.07) is 14.0. The van der Waals surface area contributed by atoms with Gasteiger partial charge in [-0.1, -0.05) is 42.5 Å². The first kappa shape index (κ1) is 21.4. The summed E-state index contributed by atoms with van der Waals surface area (Å²) in [7, 11) is 0. The first-order valence-electron chi connectivity index (χ1n) is 8.79. The Labute approximate surface area is 161 Å². The molecule has 0 bridgehead atoms. The summed E-state index contributed by atoms with van der Waals surface area (Å²) in [5, 5.41) is 2.28. The normalized spacial score (nSPS) is 11.1. The monoisotopic (exact) mass is 393 g/mol. The van der Waals surface area contributed by atoms with Gasteiger partial charge in [0.05, 0.1) is 17.7 Å². The third-order valence-electron chi connectivity index (χ3n) is 4.14. The van der Waals surface area contributed by atoms with Crippen LogP contribution in [-0.2, 0) is 17.4 Å². The van der Waals surface area contributed by atoms with E-state index in [1.54, 1.807) is 0 Å². The van der Waals surface area contributed by atoms with Crippen LogP contribution in [0, 0.1) is 0 Å². The summed E-state index contributed by atoms with van der Waals surface area (Å²) in [5.41, 5.74) is 5.03. The second kappa shape index (κ2) is 9.89. The highest BCUT2D eigenvalue weighted by atomic mass is 19.4. The number of carbonyl (C=O) groups excluding carboxylic acids is 2. The van der Waals surface area contributed by atoms with Gasteiger partial charge in [0.1, 0.15) is 0 Å². The zero-order valence-corrected chi connectivity index (χ0v) is 15.2. The molecule has 0 aliphatic carbocycles. The molecule has 2 aromatic carbocycles. The summed E-state index contributed by atoms with van der Waals surface area (Å²) in [6.45, 7) is 0.529. The Morgan fingerprint density at radius 3 is 2.25 bits per heavy atom. The number of hydrogen-bond donors (Lipinski definition) is 2. The summed E-state index contributed by atoms with van der Waals surface area (Å²) in [4.78, 5) is 26.1. The lowest BCUT2D eigenvalue weighted by Gasteiger charge is -2.22. The summed E-state index contributed by atoms with van der Waals surface area (Å²) >= 11 is 0. The first-order chi connectivity index (χ1) is 13.3. The fourth-order valence-electron chi connectivity index (χ4n) is 2.72. The van der Waals surface area contributed by atoms with Crippen LogP contribution < -0.4 is 11.1 Å². The molecule has 0 atom stereocenters. The summed E-state index contributed by atoms with van der Waals surface area (Å²) < 4.78 is 39.1. The van der Waals surface area contributed by atoms with Crippen LogP contribution in [0.25, 0.3) is 0 Å². The molecule has 0 unspecified atom stereocenters. The molecule has 0 spiro atoms. The van der Waals surface area contributed by atoms with Crippen molar-refractivity contribution in [2.24, 2.45) is 5.73 Å². The quantitative estimate of drug-likeness (QED) is 0.724. The second-order valence-electron chi connectivity index (χ2n) is 6.13. The van der Waals surface area contributed by atoms with Crippen LogP contribution in [0.2, 0.25) is 0 Å². The molecule has 0 heterocycles. The first-order valence-corrected chi connectivity index (χ1v) is 8.79. The average molecular weight is 393 g/mol. The van der Waals surface area contributed by atoms with E-state index in [1.165, 1.54) is 17.0 Å². The van der Waals surface area contributed by atoms with Gasteiger partial charge in [0.15, 0.2) is 0 Å². The number of hydrogen-bond acceptors (Lipinski definition) is 3. The number of nitrogens with one attached hydrogen (secondary N) is 1. The lowest BCUT2D eigenvalue weighted by atomic mass is 10.1. The standard InChI is InChI=1S/C20H22F3N3O2/c21-20(22,23)17-9-5-4-8-16(17)19(28)25-14-18(27)26(13-11-24)12-10-15-6-2-1-3-7-15/h1-9H,10-14,24H2,(H,25,28). The fraction of sp³-hybridized carbons (Fsp3) is 0.300. The highest BCUT2D eigenvalue weighted by molar-refractivity contribution is 5.97. The smallest absolute Gasteiger partial charge is 0.343 e. The molecule has 0 aromatic heterocycles. The van der Waals surface area contributed by atoms with E-state index in [1.807, 2.05) is 30.3 Å². The maximum atomic E-state index is 13.0. The lowest BCUT2D eigenvalue weighted by Crippen LogP contribution is -2.43. The predicted molar refractivity (Wildman–Crippen MR) is 99.6 cm³/mol. The van der Waals surface area contributed by atoms with Gasteiger partial charge in [0, 0.05) is 19.6 Å².